The first-order valence-corrected chi connectivity index (χ1v) is 6.53. The van der Waals surface area contributed by atoms with Crippen LogP contribution in [0.25, 0.3) is 0 Å². The van der Waals surface area contributed by atoms with Crippen LogP contribution in [0.2, 0.25) is 0 Å². The summed E-state index contributed by atoms with van der Waals surface area (Å²) in [6, 6.07) is 0.838. The van der Waals surface area contributed by atoms with Gasteiger partial charge in [0.15, 0.2) is 0 Å². The van der Waals surface area contributed by atoms with E-state index in [1.54, 1.807) is 6.20 Å². The Kier molecular flexibility index (Phi) is 4.18. The van der Waals surface area contributed by atoms with Crippen molar-refractivity contribution in [1.29, 1.82) is 0 Å². The fourth-order valence-electron chi connectivity index (χ4n) is 2.54. The van der Waals surface area contributed by atoms with Gasteiger partial charge in [-0.15, -0.1) is 0 Å². The zero-order valence-electron chi connectivity index (χ0n) is 10.7. The molecule has 17 heavy (non-hydrogen) atoms. The van der Waals surface area contributed by atoms with Gasteiger partial charge in [0.1, 0.15) is 5.76 Å². The molecule has 0 spiro atoms. The predicted molar refractivity (Wildman–Crippen MR) is 65.7 cm³/mol. The average molecular weight is 238 g/mol. The molecule has 1 aromatic heterocycles. The number of aliphatic hydroxyl groups excluding tert-OH is 1. The molecule has 1 saturated heterocycles. The standard InChI is InChI=1S/C13H22N2O2/c1-10(2)15-7-4-3-5-12(15)13-14-9-11(17-13)6-8-16/h9-10,12,16H,3-8H2,1-2H3. The lowest BCUT2D eigenvalue weighted by molar-refractivity contribution is 0.0912. The van der Waals surface area contributed by atoms with E-state index in [0.29, 0.717) is 18.5 Å². The van der Waals surface area contributed by atoms with Crippen LogP contribution in [-0.4, -0.2) is 34.2 Å². The number of aliphatic hydroxyl groups is 1. The van der Waals surface area contributed by atoms with E-state index in [1.807, 2.05) is 0 Å². The van der Waals surface area contributed by atoms with E-state index in [4.69, 9.17) is 9.52 Å². The number of piperidine rings is 1. The Morgan fingerprint density at radius 2 is 2.35 bits per heavy atom. The maximum atomic E-state index is 8.88. The van der Waals surface area contributed by atoms with Gasteiger partial charge in [-0.05, 0) is 33.2 Å². The summed E-state index contributed by atoms with van der Waals surface area (Å²) in [6.07, 6.45) is 5.93. The van der Waals surface area contributed by atoms with Crippen LogP contribution in [0.15, 0.2) is 10.6 Å². The second kappa shape index (κ2) is 5.65. The normalized spacial score (nSPS) is 22.2. The second-order valence-corrected chi connectivity index (χ2v) is 4.98. The minimum Gasteiger partial charge on any atom is -0.444 e. The summed E-state index contributed by atoms with van der Waals surface area (Å²) in [7, 11) is 0. The smallest absolute Gasteiger partial charge is 0.211 e. The Bertz CT molecular complexity index is 349. The number of hydrogen-bond acceptors (Lipinski definition) is 4. The van der Waals surface area contributed by atoms with Crippen molar-refractivity contribution in [2.75, 3.05) is 13.2 Å². The first-order chi connectivity index (χ1) is 8.22. The summed E-state index contributed by atoms with van der Waals surface area (Å²) < 4.78 is 5.73. The summed E-state index contributed by atoms with van der Waals surface area (Å²) in [5.74, 6) is 1.61. The number of rotatable bonds is 4. The molecule has 0 radical (unpaired) electrons. The molecule has 0 saturated carbocycles. The van der Waals surface area contributed by atoms with Gasteiger partial charge in [-0.1, -0.05) is 6.42 Å². The zero-order valence-corrected chi connectivity index (χ0v) is 10.7. The fourth-order valence-corrected chi connectivity index (χ4v) is 2.54. The van der Waals surface area contributed by atoms with Crippen molar-refractivity contribution in [3.8, 4) is 0 Å². The molecule has 1 atom stereocenters. The van der Waals surface area contributed by atoms with Gasteiger partial charge in [-0.2, -0.15) is 0 Å². The molecule has 1 unspecified atom stereocenters. The van der Waals surface area contributed by atoms with E-state index < -0.39 is 0 Å². The molecule has 1 aliphatic heterocycles. The number of nitrogens with zero attached hydrogens (tertiary/aromatic N) is 2. The van der Waals surface area contributed by atoms with Gasteiger partial charge in [-0.3, -0.25) is 4.90 Å². The molecule has 2 heterocycles. The predicted octanol–water partition coefficient (Wildman–Crippen LogP) is 2.14. The lowest BCUT2D eigenvalue weighted by Crippen LogP contribution is -2.38. The van der Waals surface area contributed by atoms with Gasteiger partial charge in [-0.25, -0.2) is 4.98 Å². The molecule has 4 heteroatoms. The molecule has 1 fully saturated rings. The third-order valence-electron chi connectivity index (χ3n) is 3.42. The molecule has 0 aliphatic carbocycles. The van der Waals surface area contributed by atoms with Crippen molar-refractivity contribution in [3.05, 3.63) is 17.8 Å². The summed E-state index contributed by atoms with van der Waals surface area (Å²) in [6.45, 7) is 5.68. The highest BCUT2D eigenvalue weighted by Crippen LogP contribution is 2.31. The molecule has 2 rings (SSSR count). The highest BCUT2D eigenvalue weighted by Gasteiger charge is 2.29. The topological polar surface area (TPSA) is 49.5 Å². The van der Waals surface area contributed by atoms with E-state index >= 15 is 0 Å². The van der Waals surface area contributed by atoms with Crippen LogP contribution in [0.5, 0.6) is 0 Å². The van der Waals surface area contributed by atoms with Gasteiger partial charge in [0.05, 0.1) is 18.8 Å². The lowest BCUT2D eigenvalue weighted by Gasteiger charge is -2.36. The largest absolute Gasteiger partial charge is 0.444 e. The molecule has 0 aromatic carbocycles. The van der Waals surface area contributed by atoms with Crippen LogP contribution in [0.3, 0.4) is 0 Å². The number of oxazole rings is 1. The maximum Gasteiger partial charge on any atom is 0.211 e. The number of hydrogen-bond donors (Lipinski definition) is 1. The lowest BCUT2D eigenvalue weighted by atomic mass is 10.0. The van der Waals surface area contributed by atoms with Crippen LogP contribution < -0.4 is 0 Å². The van der Waals surface area contributed by atoms with Gasteiger partial charge < -0.3 is 9.52 Å². The Hall–Kier alpha value is -0.870. The summed E-state index contributed by atoms with van der Waals surface area (Å²) in [5, 5.41) is 8.88. The van der Waals surface area contributed by atoms with Crippen molar-refractivity contribution in [1.82, 2.24) is 9.88 Å². The number of likely N-dealkylation sites (tertiary alicyclic amines) is 1. The van der Waals surface area contributed by atoms with E-state index in [0.717, 1.165) is 24.6 Å². The summed E-state index contributed by atoms with van der Waals surface area (Å²) in [5.41, 5.74) is 0. The Morgan fingerprint density at radius 3 is 3.06 bits per heavy atom. The Morgan fingerprint density at radius 1 is 1.53 bits per heavy atom. The quantitative estimate of drug-likeness (QED) is 0.873. The third kappa shape index (κ3) is 2.87. The molecule has 1 aliphatic rings. The van der Waals surface area contributed by atoms with Crippen LogP contribution >= 0.6 is 0 Å². The van der Waals surface area contributed by atoms with Crippen molar-refractivity contribution >= 4 is 0 Å². The van der Waals surface area contributed by atoms with Crippen molar-refractivity contribution in [2.24, 2.45) is 0 Å². The van der Waals surface area contributed by atoms with Gasteiger partial charge in [0, 0.05) is 12.5 Å². The maximum absolute atomic E-state index is 8.88. The summed E-state index contributed by atoms with van der Waals surface area (Å²) in [4.78, 5) is 6.83. The molecule has 1 aromatic rings. The van der Waals surface area contributed by atoms with Crippen LogP contribution in [0.4, 0.5) is 0 Å². The fraction of sp³-hybridized carbons (Fsp3) is 0.769. The molecule has 1 N–H and O–H groups in total. The summed E-state index contributed by atoms with van der Waals surface area (Å²) >= 11 is 0. The van der Waals surface area contributed by atoms with E-state index in [-0.39, 0.29) is 6.61 Å². The van der Waals surface area contributed by atoms with Gasteiger partial charge in [0.25, 0.3) is 0 Å². The van der Waals surface area contributed by atoms with Gasteiger partial charge >= 0.3 is 0 Å². The zero-order chi connectivity index (χ0) is 12.3. The van der Waals surface area contributed by atoms with Gasteiger partial charge in [0.2, 0.25) is 5.89 Å². The first kappa shape index (κ1) is 12.6. The average Bonchev–Trinajstić information content (AvgIpc) is 2.78. The minimum atomic E-state index is 0.118. The van der Waals surface area contributed by atoms with Crippen molar-refractivity contribution < 1.29 is 9.52 Å². The Balaban J connectivity index is 2.11. The Labute approximate surface area is 103 Å². The van der Waals surface area contributed by atoms with E-state index in [2.05, 4.69) is 23.7 Å². The SMILES string of the molecule is CC(C)N1CCCCC1c1ncc(CCO)o1. The van der Waals surface area contributed by atoms with E-state index in [9.17, 15) is 0 Å². The molecule has 96 valence electrons. The van der Waals surface area contributed by atoms with Crippen molar-refractivity contribution in [2.45, 2.75) is 51.6 Å². The monoisotopic (exact) mass is 238 g/mol. The number of aromatic nitrogens is 1. The van der Waals surface area contributed by atoms with Crippen LogP contribution in [-0.2, 0) is 6.42 Å². The highest BCUT2D eigenvalue weighted by molar-refractivity contribution is 5.00. The van der Waals surface area contributed by atoms with E-state index in [1.165, 1.54) is 12.8 Å². The van der Waals surface area contributed by atoms with Crippen molar-refractivity contribution in [3.63, 3.8) is 0 Å². The second-order valence-electron chi connectivity index (χ2n) is 4.98. The first-order valence-electron chi connectivity index (χ1n) is 6.53. The highest BCUT2D eigenvalue weighted by atomic mass is 16.4. The molecule has 0 bridgehead atoms. The van der Waals surface area contributed by atoms with Crippen LogP contribution in [0, 0.1) is 0 Å². The molecular formula is C13H22N2O2. The molecular weight excluding hydrogens is 216 g/mol. The molecule has 0 amide bonds. The third-order valence-corrected chi connectivity index (χ3v) is 3.42. The minimum absolute atomic E-state index is 0.118. The molecule has 4 nitrogen and oxygen atoms in total. The van der Waals surface area contributed by atoms with Crippen LogP contribution in [0.1, 0.15) is 50.8 Å².